The zero-order valence-electron chi connectivity index (χ0n) is 20.3. The second-order valence-electron chi connectivity index (χ2n) is 9.01. The fourth-order valence-electron chi connectivity index (χ4n) is 4.58. The van der Waals surface area contributed by atoms with Crippen molar-refractivity contribution in [1.29, 1.82) is 0 Å². The standard InChI is InChI=1S/C25H32F3N5O2S.CH4/c1-35-23-7-4-21(18-29-23)32-16-14-31(15-17-32)11-10-24(34)33-12-8-20(9-13-33)30-19-2-5-22(6-3-19)36-25(26,27)28;/h2-7,18,20,30H,8-17H2,1H3;1H4. The molecule has 0 radical (unpaired) electrons. The van der Waals surface area contributed by atoms with Crippen LogP contribution in [0.25, 0.3) is 0 Å². The summed E-state index contributed by atoms with van der Waals surface area (Å²) in [5.74, 6) is 0.789. The maximum absolute atomic E-state index is 12.8. The molecule has 2 aliphatic rings. The lowest BCUT2D eigenvalue weighted by Crippen LogP contribution is -2.48. The van der Waals surface area contributed by atoms with E-state index in [0.717, 1.165) is 56.9 Å². The molecule has 1 N–H and O–H groups in total. The fraction of sp³-hybridized carbons (Fsp3) is 0.538. The maximum atomic E-state index is 12.8. The van der Waals surface area contributed by atoms with E-state index in [-0.39, 0.29) is 36.0 Å². The van der Waals surface area contributed by atoms with Gasteiger partial charge < -0.3 is 19.9 Å². The average Bonchev–Trinajstić information content (AvgIpc) is 2.88. The number of piperidine rings is 1. The van der Waals surface area contributed by atoms with E-state index >= 15 is 0 Å². The van der Waals surface area contributed by atoms with Crippen molar-refractivity contribution in [1.82, 2.24) is 14.8 Å². The molecule has 2 fully saturated rings. The molecule has 2 saturated heterocycles. The third kappa shape index (κ3) is 8.70. The van der Waals surface area contributed by atoms with E-state index in [9.17, 15) is 18.0 Å². The Hall–Kier alpha value is -2.66. The molecule has 0 spiro atoms. The monoisotopic (exact) mass is 539 g/mol. The van der Waals surface area contributed by atoms with Gasteiger partial charge >= 0.3 is 5.51 Å². The summed E-state index contributed by atoms with van der Waals surface area (Å²) in [6.45, 7) is 5.75. The minimum atomic E-state index is -4.28. The highest BCUT2D eigenvalue weighted by atomic mass is 32.2. The number of rotatable bonds is 8. The van der Waals surface area contributed by atoms with Crippen molar-refractivity contribution in [2.24, 2.45) is 0 Å². The summed E-state index contributed by atoms with van der Waals surface area (Å²) in [7, 11) is 1.60. The van der Waals surface area contributed by atoms with Crippen LogP contribution in [0.5, 0.6) is 5.88 Å². The van der Waals surface area contributed by atoms with Gasteiger partial charge in [0, 0.05) is 74.9 Å². The molecule has 2 aliphatic heterocycles. The number of aromatic nitrogens is 1. The number of anilines is 2. The van der Waals surface area contributed by atoms with E-state index in [2.05, 4.69) is 20.1 Å². The number of pyridine rings is 1. The Labute approximate surface area is 221 Å². The summed E-state index contributed by atoms with van der Waals surface area (Å²) >= 11 is -0.110. The van der Waals surface area contributed by atoms with Crippen LogP contribution in [0.15, 0.2) is 47.5 Å². The number of benzene rings is 1. The molecule has 0 bridgehead atoms. The minimum absolute atomic E-state index is 0. The minimum Gasteiger partial charge on any atom is -0.481 e. The Morgan fingerprint density at radius 2 is 1.73 bits per heavy atom. The number of hydrogen-bond acceptors (Lipinski definition) is 7. The molecule has 37 heavy (non-hydrogen) atoms. The Morgan fingerprint density at radius 3 is 2.30 bits per heavy atom. The van der Waals surface area contributed by atoms with Crippen molar-refractivity contribution in [3.8, 4) is 5.88 Å². The first-order valence-electron chi connectivity index (χ1n) is 12.2. The molecule has 2 aromatic rings. The van der Waals surface area contributed by atoms with E-state index in [1.54, 1.807) is 19.2 Å². The Bertz CT molecular complexity index is 975. The number of thioether (sulfide) groups is 1. The van der Waals surface area contributed by atoms with Gasteiger partial charge in [0.05, 0.1) is 19.0 Å². The molecule has 7 nitrogen and oxygen atoms in total. The molecule has 0 atom stereocenters. The summed E-state index contributed by atoms with van der Waals surface area (Å²) in [5.41, 5.74) is -2.40. The third-order valence-electron chi connectivity index (χ3n) is 6.62. The van der Waals surface area contributed by atoms with Crippen molar-refractivity contribution in [3.63, 3.8) is 0 Å². The SMILES string of the molecule is C.COc1ccc(N2CCN(CCC(=O)N3CCC(Nc4ccc(SC(F)(F)F)cc4)CC3)CC2)cn1. The first-order chi connectivity index (χ1) is 17.3. The number of alkyl halides is 3. The Morgan fingerprint density at radius 1 is 1.05 bits per heavy atom. The van der Waals surface area contributed by atoms with Crippen LogP contribution in [-0.4, -0.2) is 85.2 Å². The average molecular weight is 540 g/mol. The normalized spacial score (nSPS) is 17.3. The predicted octanol–water partition coefficient (Wildman–Crippen LogP) is 4.95. The molecule has 1 aromatic carbocycles. The molecule has 1 amide bonds. The quantitative estimate of drug-likeness (QED) is 0.476. The predicted molar refractivity (Wildman–Crippen MR) is 142 cm³/mol. The van der Waals surface area contributed by atoms with Crippen LogP contribution in [-0.2, 0) is 4.79 Å². The van der Waals surface area contributed by atoms with Crippen molar-refractivity contribution in [2.75, 3.05) is 63.1 Å². The summed E-state index contributed by atoms with van der Waals surface area (Å²) in [6.07, 6.45) is 3.98. The highest BCUT2D eigenvalue weighted by Gasteiger charge is 2.29. The first kappa shape index (κ1) is 28.9. The topological polar surface area (TPSA) is 60.9 Å². The smallest absolute Gasteiger partial charge is 0.446 e. The van der Waals surface area contributed by atoms with Crippen molar-refractivity contribution in [2.45, 2.75) is 43.1 Å². The van der Waals surface area contributed by atoms with Gasteiger partial charge in [-0.15, -0.1) is 0 Å². The van der Waals surface area contributed by atoms with E-state index in [1.165, 1.54) is 12.1 Å². The van der Waals surface area contributed by atoms with Gasteiger partial charge in [0.15, 0.2) is 0 Å². The third-order valence-corrected chi connectivity index (χ3v) is 7.35. The lowest BCUT2D eigenvalue weighted by Gasteiger charge is -2.37. The number of halogens is 3. The number of carbonyl (C=O) groups excluding carboxylic acids is 1. The Balaban J connectivity index is 0.00000380. The second kappa shape index (κ2) is 13.2. The molecule has 1 aromatic heterocycles. The van der Waals surface area contributed by atoms with Gasteiger partial charge in [-0.25, -0.2) is 4.98 Å². The number of ether oxygens (including phenoxy) is 1. The molecule has 3 heterocycles. The van der Waals surface area contributed by atoms with Crippen LogP contribution >= 0.6 is 11.8 Å². The number of amides is 1. The summed E-state index contributed by atoms with van der Waals surface area (Å²) < 4.78 is 42.6. The largest absolute Gasteiger partial charge is 0.481 e. The van der Waals surface area contributed by atoms with Crippen molar-refractivity contribution < 1.29 is 22.7 Å². The molecule has 11 heteroatoms. The molecule has 0 aliphatic carbocycles. The number of nitrogens with one attached hydrogen (secondary N) is 1. The first-order valence-corrected chi connectivity index (χ1v) is 13.0. The van der Waals surface area contributed by atoms with Gasteiger partial charge in [0.25, 0.3) is 0 Å². The van der Waals surface area contributed by atoms with E-state index in [1.807, 2.05) is 23.2 Å². The van der Waals surface area contributed by atoms with Gasteiger partial charge in [0.1, 0.15) is 0 Å². The number of likely N-dealkylation sites (tertiary alicyclic amines) is 1. The summed E-state index contributed by atoms with van der Waals surface area (Å²) in [4.78, 5) is 23.8. The number of methoxy groups -OCH3 is 1. The van der Waals surface area contributed by atoms with Crippen LogP contribution < -0.4 is 15.0 Å². The zero-order valence-corrected chi connectivity index (χ0v) is 21.2. The number of nitrogens with zero attached hydrogens (tertiary/aromatic N) is 4. The number of hydrogen-bond donors (Lipinski definition) is 1. The van der Waals surface area contributed by atoms with Gasteiger partial charge in [-0.1, -0.05) is 7.43 Å². The summed E-state index contributed by atoms with van der Waals surface area (Å²) in [6, 6.07) is 10.4. The zero-order chi connectivity index (χ0) is 25.5. The lowest BCUT2D eigenvalue weighted by molar-refractivity contribution is -0.132. The number of piperazine rings is 1. The fourth-order valence-corrected chi connectivity index (χ4v) is 5.12. The van der Waals surface area contributed by atoms with Crippen LogP contribution in [0.3, 0.4) is 0 Å². The van der Waals surface area contributed by atoms with Crippen LogP contribution in [0.4, 0.5) is 24.5 Å². The van der Waals surface area contributed by atoms with Gasteiger partial charge in [-0.2, -0.15) is 13.2 Å². The van der Waals surface area contributed by atoms with E-state index < -0.39 is 5.51 Å². The van der Waals surface area contributed by atoms with Gasteiger partial charge in [-0.3, -0.25) is 9.69 Å². The molecule has 4 rings (SSSR count). The molecular formula is C26H36F3N5O2S. The highest BCUT2D eigenvalue weighted by molar-refractivity contribution is 8.00. The van der Waals surface area contributed by atoms with E-state index in [4.69, 9.17) is 4.74 Å². The van der Waals surface area contributed by atoms with Crippen molar-refractivity contribution in [3.05, 3.63) is 42.6 Å². The van der Waals surface area contributed by atoms with Crippen molar-refractivity contribution >= 4 is 29.0 Å². The second-order valence-corrected chi connectivity index (χ2v) is 10.1. The van der Waals surface area contributed by atoms with Gasteiger partial charge in [0.2, 0.25) is 11.8 Å². The molecular weight excluding hydrogens is 503 g/mol. The van der Waals surface area contributed by atoms with Crippen LogP contribution in [0, 0.1) is 0 Å². The Kier molecular flexibility index (Phi) is 10.3. The highest BCUT2D eigenvalue weighted by Crippen LogP contribution is 2.37. The summed E-state index contributed by atoms with van der Waals surface area (Å²) in [5, 5.41) is 3.39. The molecule has 0 unspecified atom stereocenters. The van der Waals surface area contributed by atoms with Crippen LogP contribution in [0.2, 0.25) is 0 Å². The number of carbonyl (C=O) groups is 1. The van der Waals surface area contributed by atoms with Gasteiger partial charge in [-0.05, 0) is 54.9 Å². The maximum Gasteiger partial charge on any atom is 0.446 e. The lowest BCUT2D eigenvalue weighted by atomic mass is 10.0. The molecule has 204 valence electrons. The van der Waals surface area contributed by atoms with Crippen LogP contribution in [0.1, 0.15) is 26.7 Å². The van der Waals surface area contributed by atoms with E-state index in [0.29, 0.717) is 25.4 Å². The molecule has 0 saturated carbocycles.